The van der Waals surface area contributed by atoms with Gasteiger partial charge in [0.25, 0.3) is 5.91 Å². The molecule has 0 atom stereocenters. The first kappa shape index (κ1) is 16.3. The standard InChI is InChI=1S/C17H22N4O3/c1-20(2)6-7-21-12-13(11-18-21)17(22)19-14-4-5-15-16(10-14)24-9-3-8-23-15/h4-5,10-12H,3,6-9H2,1-2H3,(H,19,22). The summed E-state index contributed by atoms with van der Waals surface area (Å²) in [5, 5.41) is 7.09. The Kier molecular flexibility index (Phi) is 5.00. The first-order valence-electron chi connectivity index (χ1n) is 8.00. The van der Waals surface area contributed by atoms with Gasteiger partial charge in [-0.2, -0.15) is 5.10 Å². The van der Waals surface area contributed by atoms with E-state index in [-0.39, 0.29) is 5.91 Å². The zero-order valence-corrected chi connectivity index (χ0v) is 14.0. The number of fused-ring (bicyclic) bond motifs is 1. The van der Waals surface area contributed by atoms with E-state index in [0.717, 1.165) is 19.5 Å². The van der Waals surface area contributed by atoms with Crippen LogP contribution in [0, 0.1) is 0 Å². The van der Waals surface area contributed by atoms with Crippen LogP contribution in [0.15, 0.2) is 30.6 Å². The third-order valence-electron chi connectivity index (χ3n) is 3.68. The number of carbonyl (C=O) groups excluding carboxylic acids is 1. The quantitative estimate of drug-likeness (QED) is 0.906. The fourth-order valence-electron chi connectivity index (χ4n) is 2.35. The third kappa shape index (κ3) is 4.05. The molecule has 0 fully saturated rings. The Morgan fingerprint density at radius 3 is 2.88 bits per heavy atom. The lowest BCUT2D eigenvalue weighted by Gasteiger charge is -2.10. The van der Waals surface area contributed by atoms with Crippen molar-refractivity contribution >= 4 is 11.6 Å². The van der Waals surface area contributed by atoms with Crippen molar-refractivity contribution in [3.8, 4) is 11.5 Å². The summed E-state index contributed by atoms with van der Waals surface area (Å²) in [6.45, 7) is 2.86. The summed E-state index contributed by atoms with van der Waals surface area (Å²) in [4.78, 5) is 14.4. The summed E-state index contributed by atoms with van der Waals surface area (Å²) < 4.78 is 13.0. The number of rotatable bonds is 5. The summed E-state index contributed by atoms with van der Waals surface area (Å²) in [7, 11) is 4.00. The molecule has 1 aliphatic rings. The van der Waals surface area contributed by atoms with Crippen LogP contribution in [-0.2, 0) is 6.54 Å². The molecular weight excluding hydrogens is 308 g/mol. The zero-order chi connectivity index (χ0) is 16.9. The Labute approximate surface area is 141 Å². The number of carbonyl (C=O) groups is 1. The van der Waals surface area contributed by atoms with Gasteiger partial charge >= 0.3 is 0 Å². The second-order valence-corrected chi connectivity index (χ2v) is 5.96. The fourth-order valence-corrected chi connectivity index (χ4v) is 2.35. The van der Waals surface area contributed by atoms with Crippen molar-refractivity contribution in [3.63, 3.8) is 0 Å². The van der Waals surface area contributed by atoms with Crippen LogP contribution in [0.25, 0.3) is 0 Å². The van der Waals surface area contributed by atoms with E-state index >= 15 is 0 Å². The van der Waals surface area contributed by atoms with Gasteiger partial charge in [-0.05, 0) is 26.2 Å². The summed E-state index contributed by atoms with van der Waals surface area (Å²) in [6, 6.07) is 5.41. The molecule has 0 radical (unpaired) electrons. The minimum Gasteiger partial charge on any atom is -0.490 e. The zero-order valence-electron chi connectivity index (χ0n) is 14.0. The van der Waals surface area contributed by atoms with Gasteiger partial charge in [-0.1, -0.05) is 0 Å². The molecule has 7 nitrogen and oxygen atoms in total. The van der Waals surface area contributed by atoms with Crippen molar-refractivity contribution in [1.29, 1.82) is 0 Å². The maximum Gasteiger partial charge on any atom is 0.258 e. The summed E-state index contributed by atoms with van der Waals surface area (Å²) in [5.41, 5.74) is 1.20. The molecule has 0 spiro atoms. The van der Waals surface area contributed by atoms with Crippen molar-refractivity contribution in [3.05, 3.63) is 36.2 Å². The lowest BCUT2D eigenvalue weighted by molar-refractivity contribution is 0.102. The van der Waals surface area contributed by atoms with E-state index in [1.54, 1.807) is 23.1 Å². The molecule has 1 aliphatic heterocycles. The van der Waals surface area contributed by atoms with E-state index in [0.29, 0.717) is 36.0 Å². The molecule has 128 valence electrons. The van der Waals surface area contributed by atoms with Gasteiger partial charge in [0.15, 0.2) is 11.5 Å². The predicted molar refractivity (Wildman–Crippen MR) is 90.8 cm³/mol. The average Bonchev–Trinajstić information content (AvgIpc) is 2.91. The summed E-state index contributed by atoms with van der Waals surface area (Å²) >= 11 is 0. The van der Waals surface area contributed by atoms with Gasteiger partial charge in [-0.3, -0.25) is 9.48 Å². The average molecular weight is 330 g/mol. The molecule has 1 aromatic carbocycles. The van der Waals surface area contributed by atoms with Crippen LogP contribution in [0.3, 0.4) is 0 Å². The minimum absolute atomic E-state index is 0.194. The highest BCUT2D eigenvalue weighted by Crippen LogP contribution is 2.32. The topological polar surface area (TPSA) is 68.6 Å². The number of likely N-dealkylation sites (N-methyl/N-ethyl adjacent to an activating group) is 1. The van der Waals surface area contributed by atoms with Crippen LogP contribution in [0.1, 0.15) is 16.8 Å². The number of aromatic nitrogens is 2. The monoisotopic (exact) mass is 330 g/mol. The van der Waals surface area contributed by atoms with Crippen LogP contribution >= 0.6 is 0 Å². The maximum atomic E-state index is 12.4. The van der Waals surface area contributed by atoms with Crippen LogP contribution < -0.4 is 14.8 Å². The SMILES string of the molecule is CN(C)CCn1cc(C(=O)Nc2ccc3c(c2)OCCCO3)cn1. The first-order chi connectivity index (χ1) is 11.6. The Morgan fingerprint density at radius 1 is 1.29 bits per heavy atom. The van der Waals surface area contributed by atoms with E-state index in [1.165, 1.54) is 0 Å². The molecule has 1 amide bonds. The second kappa shape index (κ2) is 7.35. The third-order valence-corrected chi connectivity index (χ3v) is 3.68. The van der Waals surface area contributed by atoms with Crippen molar-refractivity contribution in [1.82, 2.24) is 14.7 Å². The molecule has 24 heavy (non-hydrogen) atoms. The molecule has 1 N–H and O–H groups in total. The number of anilines is 1. The smallest absolute Gasteiger partial charge is 0.258 e. The predicted octanol–water partition coefficient (Wildman–Crippen LogP) is 1.86. The largest absolute Gasteiger partial charge is 0.490 e. The highest BCUT2D eigenvalue weighted by molar-refractivity contribution is 6.04. The molecule has 3 rings (SSSR count). The highest BCUT2D eigenvalue weighted by atomic mass is 16.5. The number of nitrogens with zero attached hydrogens (tertiary/aromatic N) is 3. The van der Waals surface area contributed by atoms with Gasteiger partial charge in [-0.25, -0.2) is 0 Å². The Bertz CT molecular complexity index is 712. The van der Waals surface area contributed by atoms with Gasteiger partial charge in [-0.15, -0.1) is 0 Å². The first-order valence-corrected chi connectivity index (χ1v) is 8.00. The number of amides is 1. The van der Waals surface area contributed by atoms with Crippen LogP contribution in [0.4, 0.5) is 5.69 Å². The molecule has 1 aromatic heterocycles. The van der Waals surface area contributed by atoms with E-state index in [9.17, 15) is 4.79 Å². The van der Waals surface area contributed by atoms with E-state index < -0.39 is 0 Å². The van der Waals surface area contributed by atoms with Gasteiger partial charge < -0.3 is 19.7 Å². The van der Waals surface area contributed by atoms with Crippen LogP contribution in [-0.4, -0.2) is 54.4 Å². The molecule has 0 saturated carbocycles. The van der Waals surface area contributed by atoms with Crippen LogP contribution in [0.5, 0.6) is 11.5 Å². The van der Waals surface area contributed by atoms with Crippen molar-refractivity contribution in [2.45, 2.75) is 13.0 Å². The molecule has 7 heteroatoms. The van der Waals surface area contributed by atoms with E-state index in [1.807, 2.05) is 26.2 Å². The second-order valence-electron chi connectivity index (χ2n) is 5.96. The van der Waals surface area contributed by atoms with Crippen molar-refractivity contribution < 1.29 is 14.3 Å². The maximum absolute atomic E-state index is 12.4. The highest BCUT2D eigenvalue weighted by Gasteiger charge is 2.13. The molecule has 2 heterocycles. The van der Waals surface area contributed by atoms with Gasteiger partial charge in [0.1, 0.15) is 0 Å². The molecule has 0 aliphatic carbocycles. The Morgan fingerprint density at radius 2 is 2.08 bits per heavy atom. The lowest BCUT2D eigenvalue weighted by Crippen LogP contribution is -2.18. The van der Waals surface area contributed by atoms with E-state index in [4.69, 9.17) is 9.47 Å². The molecule has 0 bridgehead atoms. The van der Waals surface area contributed by atoms with Gasteiger partial charge in [0.2, 0.25) is 0 Å². The molecule has 0 unspecified atom stereocenters. The summed E-state index contributed by atoms with van der Waals surface area (Å²) in [6.07, 6.45) is 4.18. The molecule has 0 saturated heterocycles. The number of ether oxygens (including phenoxy) is 2. The Hall–Kier alpha value is -2.54. The lowest BCUT2D eigenvalue weighted by atomic mass is 10.2. The molecular formula is C17H22N4O3. The number of hydrogen-bond donors (Lipinski definition) is 1. The number of benzene rings is 1. The van der Waals surface area contributed by atoms with Crippen molar-refractivity contribution in [2.75, 3.05) is 39.2 Å². The number of nitrogens with one attached hydrogen (secondary N) is 1. The number of hydrogen-bond acceptors (Lipinski definition) is 5. The fraction of sp³-hybridized carbons (Fsp3) is 0.412. The molecule has 2 aromatic rings. The van der Waals surface area contributed by atoms with Crippen molar-refractivity contribution in [2.24, 2.45) is 0 Å². The normalized spacial score (nSPS) is 13.6. The van der Waals surface area contributed by atoms with E-state index in [2.05, 4.69) is 15.3 Å². The van der Waals surface area contributed by atoms with Gasteiger partial charge in [0.05, 0.1) is 31.5 Å². The summed E-state index contributed by atoms with van der Waals surface area (Å²) in [5.74, 6) is 1.18. The van der Waals surface area contributed by atoms with Crippen LogP contribution in [0.2, 0.25) is 0 Å². The Balaban J connectivity index is 1.65. The minimum atomic E-state index is -0.194. The van der Waals surface area contributed by atoms with Gasteiger partial charge in [0, 0.05) is 30.9 Å².